The van der Waals surface area contributed by atoms with Crippen molar-refractivity contribution in [3.63, 3.8) is 0 Å². The lowest BCUT2D eigenvalue weighted by Crippen LogP contribution is -2.05. The monoisotopic (exact) mass is 361 g/mol. The van der Waals surface area contributed by atoms with Crippen molar-refractivity contribution < 1.29 is 0 Å². The Morgan fingerprint density at radius 3 is 3.00 bits per heavy atom. The van der Waals surface area contributed by atoms with Gasteiger partial charge in [0, 0.05) is 26.3 Å². The van der Waals surface area contributed by atoms with E-state index in [-0.39, 0.29) is 0 Å². The molecule has 0 amide bonds. The quantitative estimate of drug-likeness (QED) is 0.567. The zero-order chi connectivity index (χ0) is 13.7. The van der Waals surface area contributed by atoms with Crippen LogP contribution in [-0.4, -0.2) is 11.6 Å². The normalized spacial score (nSPS) is 24.3. The van der Waals surface area contributed by atoms with Crippen LogP contribution in [0, 0.1) is 0 Å². The van der Waals surface area contributed by atoms with Gasteiger partial charge >= 0.3 is 0 Å². The van der Waals surface area contributed by atoms with E-state index < -0.39 is 0 Å². The summed E-state index contributed by atoms with van der Waals surface area (Å²) in [7, 11) is 0. The lowest BCUT2D eigenvalue weighted by atomic mass is 10.1. The van der Waals surface area contributed by atoms with Gasteiger partial charge in [-0.3, -0.25) is 4.99 Å². The van der Waals surface area contributed by atoms with E-state index in [1.807, 2.05) is 23.5 Å². The second-order valence-electron chi connectivity index (χ2n) is 4.96. The number of aliphatic imine (C=N–C) groups is 1. The molecule has 2 aliphatic heterocycles. The summed E-state index contributed by atoms with van der Waals surface area (Å²) in [5.74, 6) is 0. The van der Waals surface area contributed by atoms with E-state index in [0.717, 1.165) is 18.0 Å². The smallest absolute Gasteiger partial charge is 0.0696 e. The van der Waals surface area contributed by atoms with Crippen molar-refractivity contribution in [1.82, 2.24) is 0 Å². The number of hydrogen-bond donors (Lipinski definition) is 0. The first-order chi connectivity index (χ1) is 9.74. The molecule has 0 radical (unpaired) electrons. The largest absolute Gasteiger partial charge is 0.278 e. The average molecular weight is 362 g/mol. The summed E-state index contributed by atoms with van der Waals surface area (Å²) in [6.45, 7) is 2.89. The number of thioether (sulfide) groups is 2. The number of rotatable bonds is 0. The molecule has 0 saturated carbocycles. The molecule has 4 heteroatoms. The molecule has 100 valence electrons. The molecule has 2 heterocycles. The maximum Gasteiger partial charge on any atom is 0.0696 e. The summed E-state index contributed by atoms with van der Waals surface area (Å²) in [5, 5.41) is 3.33. The van der Waals surface area contributed by atoms with Crippen molar-refractivity contribution in [3.8, 4) is 0 Å². The molecule has 1 nitrogen and oxygen atoms in total. The van der Waals surface area contributed by atoms with Crippen molar-refractivity contribution in [3.05, 3.63) is 66.3 Å². The van der Waals surface area contributed by atoms with Gasteiger partial charge in [0.1, 0.15) is 0 Å². The van der Waals surface area contributed by atoms with E-state index in [4.69, 9.17) is 0 Å². The number of hydrogen-bond acceptors (Lipinski definition) is 3. The molecule has 0 unspecified atom stereocenters. The SMILES string of the molecule is CC1=NCC2=C(Br)C=CC3=C4SC=CC=C4CC3=C2S1. The van der Waals surface area contributed by atoms with Crippen LogP contribution in [0.5, 0.6) is 0 Å². The maximum atomic E-state index is 4.59. The molecule has 0 aromatic heterocycles. The summed E-state index contributed by atoms with van der Waals surface area (Å²) in [6, 6.07) is 0. The van der Waals surface area contributed by atoms with Crippen LogP contribution in [0.25, 0.3) is 0 Å². The van der Waals surface area contributed by atoms with Gasteiger partial charge in [-0.15, -0.1) is 0 Å². The highest BCUT2D eigenvalue weighted by atomic mass is 79.9. The van der Waals surface area contributed by atoms with E-state index in [1.165, 1.54) is 36.6 Å². The zero-order valence-electron chi connectivity index (χ0n) is 10.9. The Hall–Kier alpha value is -0.710. The topological polar surface area (TPSA) is 12.4 Å². The summed E-state index contributed by atoms with van der Waals surface area (Å²) in [4.78, 5) is 7.42. The minimum Gasteiger partial charge on any atom is -0.278 e. The Bertz CT molecular complexity index is 730. The van der Waals surface area contributed by atoms with Crippen LogP contribution in [0.4, 0.5) is 0 Å². The van der Waals surface area contributed by atoms with Crippen molar-refractivity contribution in [2.45, 2.75) is 13.3 Å². The fraction of sp³-hybridized carbons (Fsp3) is 0.188. The molecule has 4 rings (SSSR count). The number of halogens is 1. The first-order valence-corrected chi connectivity index (χ1v) is 8.99. The number of allylic oxidation sites excluding steroid dienone is 8. The minimum absolute atomic E-state index is 0.787. The van der Waals surface area contributed by atoms with E-state index in [1.54, 1.807) is 0 Å². The summed E-state index contributed by atoms with van der Waals surface area (Å²) < 4.78 is 1.17. The summed E-state index contributed by atoms with van der Waals surface area (Å²) in [5.41, 5.74) is 5.66. The lowest BCUT2D eigenvalue weighted by molar-refractivity contribution is 1.14. The molecule has 2 aliphatic carbocycles. The van der Waals surface area contributed by atoms with Gasteiger partial charge in [0.15, 0.2) is 0 Å². The third-order valence-electron chi connectivity index (χ3n) is 3.73. The zero-order valence-corrected chi connectivity index (χ0v) is 14.2. The number of nitrogens with zero attached hydrogens (tertiary/aromatic N) is 1. The van der Waals surface area contributed by atoms with Gasteiger partial charge in [-0.05, 0) is 35.1 Å². The van der Waals surface area contributed by atoms with Gasteiger partial charge in [-0.25, -0.2) is 0 Å². The molecule has 0 fully saturated rings. The van der Waals surface area contributed by atoms with Crippen LogP contribution in [0.1, 0.15) is 13.3 Å². The van der Waals surface area contributed by atoms with Gasteiger partial charge in [0.2, 0.25) is 0 Å². The van der Waals surface area contributed by atoms with E-state index in [2.05, 4.69) is 57.6 Å². The fourth-order valence-electron chi connectivity index (χ4n) is 2.78. The third kappa shape index (κ3) is 1.97. The van der Waals surface area contributed by atoms with Gasteiger partial charge in [0.05, 0.1) is 11.6 Å². The van der Waals surface area contributed by atoms with Crippen LogP contribution < -0.4 is 0 Å². The molecule has 0 N–H and O–H groups in total. The molecule has 0 bridgehead atoms. The predicted octanol–water partition coefficient (Wildman–Crippen LogP) is 5.47. The van der Waals surface area contributed by atoms with Crippen LogP contribution >= 0.6 is 39.5 Å². The minimum atomic E-state index is 0.787. The van der Waals surface area contributed by atoms with Crippen LogP contribution in [0.3, 0.4) is 0 Å². The first-order valence-electron chi connectivity index (χ1n) is 6.50. The molecule has 0 spiro atoms. The molecule has 4 aliphatic rings. The first kappa shape index (κ1) is 13.0. The molecular formula is C16H12BrNS2. The predicted molar refractivity (Wildman–Crippen MR) is 94.1 cm³/mol. The van der Waals surface area contributed by atoms with Crippen LogP contribution in [0.15, 0.2) is 71.3 Å². The molecule has 20 heavy (non-hydrogen) atoms. The van der Waals surface area contributed by atoms with Crippen molar-refractivity contribution >= 4 is 44.5 Å². The Kier molecular flexibility index (Phi) is 3.20. The highest BCUT2D eigenvalue weighted by Crippen LogP contribution is 2.51. The van der Waals surface area contributed by atoms with Crippen molar-refractivity contribution in [2.24, 2.45) is 4.99 Å². The second kappa shape index (κ2) is 4.93. The molecule has 0 aromatic carbocycles. The molecule has 0 saturated heterocycles. The number of fused-ring (bicyclic) bond motifs is 3. The maximum absolute atomic E-state index is 4.59. The van der Waals surface area contributed by atoms with Crippen molar-refractivity contribution in [2.75, 3.05) is 6.54 Å². The lowest BCUT2D eigenvalue weighted by Gasteiger charge is -2.19. The summed E-state index contributed by atoms with van der Waals surface area (Å²) in [6.07, 6.45) is 9.89. The third-order valence-corrected chi connectivity index (χ3v) is 6.61. The van der Waals surface area contributed by atoms with E-state index in [0.29, 0.717) is 0 Å². The van der Waals surface area contributed by atoms with Gasteiger partial charge < -0.3 is 0 Å². The molecule has 0 atom stereocenters. The highest BCUT2D eigenvalue weighted by Gasteiger charge is 2.31. The van der Waals surface area contributed by atoms with E-state index >= 15 is 0 Å². The van der Waals surface area contributed by atoms with Gasteiger partial charge in [-0.2, -0.15) is 0 Å². The Morgan fingerprint density at radius 2 is 2.10 bits per heavy atom. The van der Waals surface area contributed by atoms with Crippen molar-refractivity contribution in [1.29, 1.82) is 0 Å². The van der Waals surface area contributed by atoms with Gasteiger partial charge in [-0.1, -0.05) is 57.7 Å². The average Bonchev–Trinajstić information content (AvgIpc) is 2.77. The Balaban J connectivity index is 1.95. The second-order valence-corrected chi connectivity index (χ2v) is 7.94. The van der Waals surface area contributed by atoms with E-state index in [9.17, 15) is 0 Å². The highest BCUT2D eigenvalue weighted by molar-refractivity contribution is 9.11. The van der Waals surface area contributed by atoms with Crippen LogP contribution in [-0.2, 0) is 0 Å². The molecular weight excluding hydrogens is 350 g/mol. The molecule has 0 aromatic rings. The van der Waals surface area contributed by atoms with Crippen LogP contribution in [0.2, 0.25) is 0 Å². The Morgan fingerprint density at radius 1 is 1.20 bits per heavy atom. The summed E-state index contributed by atoms with van der Waals surface area (Å²) >= 11 is 7.38. The fourth-order valence-corrected chi connectivity index (χ4v) is 5.30. The Labute approximate surface area is 135 Å². The standard InChI is InChI=1S/C16H12BrNS2/c1-9-18-8-13-14(17)5-4-11-12(16(13)20-9)7-10-3-2-6-19-15(10)11/h2-6H,7-8H2,1H3. The van der Waals surface area contributed by atoms with Gasteiger partial charge in [0.25, 0.3) is 0 Å².